The van der Waals surface area contributed by atoms with E-state index in [1.54, 1.807) is 14.0 Å². The predicted octanol–water partition coefficient (Wildman–Crippen LogP) is -1.09. The molecule has 0 saturated carbocycles. The van der Waals surface area contributed by atoms with E-state index in [9.17, 15) is 9.59 Å². The van der Waals surface area contributed by atoms with Gasteiger partial charge in [-0.3, -0.25) is 4.79 Å². The summed E-state index contributed by atoms with van der Waals surface area (Å²) >= 11 is 0. The third-order valence-corrected chi connectivity index (χ3v) is 0.930. The quantitative estimate of drug-likeness (QED) is 0.493. The average Bonchev–Trinajstić information content (AvgIpc) is 1.88. The number of carbonyl (C=O) groups is 2. The lowest BCUT2D eigenvalue weighted by Crippen LogP contribution is -2.38. The molecule has 0 fully saturated rings. The van der Waals surface area contributed by atoms with E-state index in [1.165, 1.54) is 0 Å². The zero-order valence-corrected chi connectivity index (χ0v) is 6.18. The van der Waals surface area contributed by atoms with E-state index in [0.29, 0.717) is 6.29 Å². The standard InChI is InChI=1S/C6H12N2O2/c1-5(4-9)8-6(10)3-7-2/h4-5,7H,3H2,1-2H3,(H,8,10)/t5-/m0/s1. The molecule has 2 N–H and O–H groups in total. The van der Waals surface area contributed by atoms with Crippen molar-refractivity contribution in [2.75, 3.05) is 13.6 Å². The molecule has 0 aromatic heterocycles. The minimum absolute atomic E-state index is 0.165. The van der Waals surface area contributed by atoms with E-state index in [-0.39, 0.29) is 18.5 Å². The van der Waals surface area contributed by atoms with Crippen molar-refractivity contribution in [1.82, 2.24) is 10.6 Å². The minimum atomic E-state index is -0.388. The zero-order valence-electron chi connectivity index (χ0n) is 6.18. The van der Waals surface area contributed by atoms with Crippen molar-refractivity contribution in [2.45, 2.75) is 13.0 Å². The number of likely N-dealkylation sites (N-methyl/N-ethyl adjacent to an activating group) is 1. The maximum atomic E-state index is 10.7. The molecule has 4 nitrogen and oxygen atoms in total. The second-order valence-electron chi connectivity index (χ2n) is 2.02. The third kappa shape index (κ3) is 4.03. The number of hydrogen-bond acceptors (Lipinski definition) is 3. The van der Waals surface area contributed by atoms with Crippen LogP contribution in [-0.2, 0) is 9.59 Å². The Morgan fingerprint density at radius 2 is 2.30 bits per heavy atom. The second-order valence-corrected chi connectivity index (χ2v) is 2.02. The Balaban J connectivity index is 3.46. The monoisotopic (exact) mass is 144 g/mol. The van der Waals surface area contributed by atoms with Gasteiger partial charge in [0.15, 0.2) is 0 Å². The summed E-state index contributed by atoms with van der Waals surface area (Å²) in [6.07, 6.45) is 0.688. The molecular weight excluding hydrogens is 132 g/mol. The maximum Gasteiger partial charge on any atom is 0.234 e. The van der Waals surface area contributed by atoms with E-state index in [2.05, 4.69) is 10.6 Å². The van der Waals surface area contributed by atoms with Crippen LogP contribution in [0.4, 0.5) is 0 Å². The maximum absolute atomic E-state index is 10.7. The summed E-state index contributed by atoms with van der Waals surface area (Å²) in [5.74, 6) is -0.165. The molecule has 0 aromatic rings. The number of carbonyl (C=O) groups excluding carboxylic acids is 2. The number of hydrogen-bond donors (Lipinski definition) is 2. The molecule has 1 atom stereocenters. The van der Waals surface area contributed by atoms with Crippen molar-refractivity contribution in [3.8, 4) is 0 Å². The molecular formula is C6H12N2O2. The first-order valence-corrected chi connectivity index (χ1v) is 3.10. The van der Waals surface area contributed by atoms with Gasteiger partial charge in [0, 0.05) is 0 Å². The molecule has 0 heterocycles. The Hall–Kier alpha value is -0.900. The molecule has 0 aromatic carbocycles. The van der Waals surface area contributed by atoms with Crippen LogP contribution < -0.4 is 10.6 Å². The molecule has 0 bridgehead atoms. The van der Waals surface area contributed by atoms with Crippen LogP contribution >= 0.6 is 0 Å². The van der Waals surface area contributed by atoms with Crippen molar-refractivity contribution in [3.05, 3.63) is 0 Å². The summed E-state index contributed by atoms with van der Waals surface area (Å²) in [6.45, 7) is 1.87. The molecule has 1 amide bonds. The molecule has 4 heteroatoms. The highest BCUT2D eigenvalue weighted by molar-refractivity contribution is 5.81. The van der Waals surface area contributed by atoms with Gasteiger partial charge in [-0.25, -0.2) is 0 Å². The summed E-state index contributed by atoms with van der Waals surface area (Å²) in [4.78, 5) is 20.7. The lowest BCUT2D eigenvalue weighted by atomic mass is 10.4. The molecule has 10 heavy (non-hydrogen) atoms. The highest BCUT2D eigenvalue weighted by Gasteiger charge is 2.02. The molecule has 0 spiro atoms. The molecule has 58 valence electrons. The Morgan fingerprint density at radius 3 is 2.70 bits per heavy atom. The summed E-state index contributed by atoms with van der Waals surface area (Å²) in [7, 11) is 1.67. The number of aldehydes is 1. The van der Waals surface area contributed by atoms with Gasteiger partial charge in [0.2, 0.25) is 5.91 Å². The Bertz CT molecular complexity index is 125. The molecule has 0 radical (unpaired) electrons. The van der Waals surface area contributed by atoms with Gasteiger partial charge in [-0.05, 0) is 14.0 Å². The van der Waals surface area contributed by atoms with Crippen molar-refractivity contribution in [2.24, 2.45) is 0 Å². The molecule has 0 aliphatic rings. The first-order chi connectivity index (χ1) is 4.70. The van der Waals surface area contributed by atoms with E-state index in [0.717, 1.165) is 0 Å². The van der Waals surface area contributed by atoms with Crippen LogP contribution in [0.1, 0.15) is 6.92 Å². The smallest absolute Gasteiger partial charge is 0.234 e. The fourth-order valence-electron chi connectivity index (χ4n) is 0.500. The summed E-state index contributed by atoms with van der Waals surface area (Å²) in [5, 5.41) is 5.13. The van der Waals surface area contributed by atoms with Gasteiger partial charge in [0.25, 0.3) is 0 Å². The molecule has 0 saturated heterocycles. The van der Waals surface area contributed by atoms with Crippen LogP contribution in [0.25, 0.3) is 0 Å². The zero-order chi connectivity index (χ0) is 7.98. The Labute approximate surface area is 60.0 Å². The van der Waals surface area contributed by atoms with Crippen LogP contribution in [0.3, 0.4) is 0 Å². The highest BCUT2D eigenvalue weighted by atomic mass is 16.2. The fourth-order valence-corrected chi connectivity index (χ4v) is 0.500. The lowest BCUT2D eigenvalue weighted by molar-refractivity contribution is -0.122. The number of amides is 1. The van der Waals surface area contributed by atoms with Gasteiger partial charge in [-0.15, -0.1) is 0 Å². The number of nitrogens with one attached hydrogen (secondary N) is 2. The largest absolute Gasteiger partial charge is 0.346 e. The molecule has 0 aliphatic carbocycles. The third-order valence-electron chi connectivity index (χ3n) is 0.930. The predicted molar refractivity (Wildman–Crippen MR) is 37.6 cm³/mol. The molecule has 0 aliphatic heterocycles. The molecule has 0 unspecified atom stereocenters. The Kier molecular flexibility index (Phi) is 4.49. The summed E-state index contributed by atoms with van der Waals surface area (Å²) in [6, 6.07) is -0.388. The van der Waals surface area contributed by atoms with E-state index in [4.69, 9.17) is 0 Å². The average molecular weight is 144 g/mol. The van der Waals surface area contributed by atoms with Crippen LogP contribution in [0.5, 0.6) is 0 Å². The summed E-state index contributed by atoms with van der Waals surface area (Å²) in [5.41, 5.74) is 0. The van der Waals surface area contributed by atoms with Gasteiger partial charge >= 0.3 is 0 Å². The van der Waals surface area contributed by atoms with Gasteiger partial charge < -0.3 is 15.4 Å². The normalized spacial score (nSPS) is 12.2. The van der Waals surface area contributed by atoms with E-state index >= 15 is 0 Å². The van der Waals surface area contributed by atoms with Gasteiger partial charge in [0.05, 0.1) is 12.6 Å². The van der Waals surface area contributed by atoms with Crippen LogP contribution in [-0.4, -0.2) is 31.8 Å². The van der Waals surface area contributed by atoms with E-state index in [1.807, 2.05) is 0 Å². The minimum Gasteiger partial charge on any atom is -0.346 e. The van der Waals surface area contributed by atoms with Gasteiger partial charge in [-0.1, -0.05) is 0 Å². The van der Waals surface area contributed by atoms with Crippen LogP contribution in [0, 0.1) is 0 Å². The fraction of sp³-hybridized carbons (Fsp3) is 0.667. The highest BCUT2D eigenvalue weighted by Crippen LogP contribution is 1.72. The number of rotatable bonds is 4. The molecule has 0 rings (SSSR count). The van der Waals surface area contributed by atoms with Crippen molar-refractivity contribution >= 4 is 12.2 Å². The Morgan fingerprint density at radius 1 is 1.70 bits per heavy atom. The van der Waals surface area contributed by atoms with Crippen molar-refractivity contribution in [3.63, 3.8) is 0 Å². The lowest BCUT2D eigenvalue weighted by Gasteiger charge is -2.05. The first kappa shape index (κ1) is 9.10. The second kappa shape index (κ2) is 4.93. The van der Waals surface area contributed by atoms with Gasteiger partial charge in [-0.2, -0.15) is 0 Å². The summed E-state index contributed by atoms with van der Waals surface area (Å²) < 4.78 is 0. The van der Waals surface area contributed by atoms with Gasteiger partial charge in [0.1, 0.15) is 6.29 Å². The van der Waals surface area contributed by atoms with Crippen LogP contribution in [0.2, 0.25) is 0 Å². The van der Waals surface area contributed by atoms with Crippen LogP contribution in [0.15, 0.2) is 0 Å². The van der Waals surface area contributed by atoms with Crippen molar-refractivity contribution < 1.29 is 9.59 Å². The first-order valence-electron chi connectivity index (χ1n) is 3.10. The SMILES string of the molecule is CNCC(=O)N[C@@H](C)C=O. The topological polar surface area (TPSA) is 58.2 Å². The van der Waals surface area contributed by atoms with Crippen molar-refractivity contribution in [1.29, 1.82) is 0 Å². The van der Waals surface area contributed by atoms with E-state index < -0.39 is 0 Å².